The highest BCUT2D eigenvalue weighted by molar-refractivity contribution is 8.02. The van der Waals surface area contributed by atoms with Gasteiger partial charge in [-0.3, -0.25) is 14.4 Å². The molecule has 3 fully saturated rings. The molecule has 9 heteroatoms. The lowest BCUT2D eigenvalue weighted by molar-refractivity contribution is -0.154. The van der Waals surface area contributed by atoms with Crippen LogP contribution < -0.4 is 4.90 Å². The van der Waals surface area contributed by atoms with Crippen molar-refractivity contribution in [3.63, 3.8) is 0 Å². The van der Waals surface area contributed by atoms with E-state index in [1.165, 1.54) is 4.90 Å². The summed E-state index contributed by atoms with van der Waals surface area (Å²) in [6.45, 7) is 9.61. The number of aryl methyl sites for hydroxylation is 1. The van der Waals surface area contributed by atoms with Crippen molar-refractivity contribution in [1.29, 1.82) is 0 Å². The molecule has 2 bridgehead atoms. The Labute approximate surface area is 221 Å². The van der Waals surface area contributed by atoms with Crippen LogP contribution in [-0.2, 0) is 19.1 Å². The Morgan fingerprint density at radius 2 is 2.14 bits per heavy atom. The Morgan fingerprint density at radius 1 is 1.36 bits per heavy atom. The fraction of sp³-hybridized carbons (Fsp3) is 0.519. The molecular weight excluding hydrogens is 500 g/mol. The molecule has 3 saturated heterocycles. The molecule has 1 aromatic rings. The zero-order chi connectivity index (χ0) is 26.0. The summed E-state index contributed by atoms with van der Waals surface area (Å²) in [5.74, 6) is -2.18. The zero-order valence-corrected chi connectivity index (χ0v) is 22.1. The highest BCUT2D eigenvalue weighted by Gasteiger charge is 2.74. The van der Waals surface area contributed by atoms with Crippen molar-refractivity contribution < 1.29 is 24.2 Å². The van der Waals surface area contributed by atoms with Gasteiger partial charge in [0.2, 0.25) is 5.91 Å². The summed E-state index contributed by atoms with van der Waals surface area (Å²) in [5, 5.41) is 10.2. The maximum absolute atomic E-state index is 14.3. The van der Waals surface area contributed by atoms with E-state index in [1.807, 2.05) is 19.1 Å². The zero-order valence-electron chi connectivity index (χ0n) is 20.5. The first-order chi connectivity index (χ1) is 17.3. The first-order valence-electron chi connectivity index (χ1n) is 12.4. The highest BCUT2D eigenvalue weighted by Crippen LogP contribution is 2.66. The molecule has 0 saturated carbocycles. The molecule has 1 aromatic carbocycles. The van der Waals surface area contributed by atoms with Crippen LogP contribution in [0.5, 0.6) is 0 Å². The molecular formula is C27H33ClN2O5S. The number of rotatable bonds is 11. The summed E-state index contributed by atoms with van der Waals surface area (Å²) < 4.78 is 4.81. The number of carbonyl (C=O) groups is 3. The summed E-state index contributed by atoms with van der Waals surface area (Å²) in [4.78, 5) is 44.3. The first-order valence-corrected chi connectivity index (χ1v) is 13.6. The lowest BCUT2D eigenvalue weighted by atomic mass is 9.71. The van der Waals surface area contributed by atoms with Crippen molar-refractivity contribution in [3.8, 4) is 0 Å². The Bertz CT molecular complexity index is 1040. The van der Waals surface area contributed by atoms with E-state index in [4.69, 9.17) is 16.3 Å². The second kappa shape index (κ2) is 11.0. The van der Waals surface area contributed by atoms with Gasteiger partial charge in [0.05, 0.1) is 40.5 Å². The summed E-state index contributed by atoms with van der Waals surface area (Å²) in [6, 6.07) is 4.61. The van der Waals surface area contributed by atoms with E-state index >= 15 is 0 Å². The number of esters is 1. The molecule has 2 unspecified atom stereocenters. The van der Waals surface area contributed by atoms with Crippen molar-refractivity contribution in [2.24, 2.45) is 11.8 Å². The number of hydrogen-bond donors (Lipinski definition) is 1. The number of hydrogen-bond acceptors (Lipinski definition) is 6. The number of aliphatic hydroxyl groups is 1. The number of para-hydroxylation sites is 1. The molecule has 1 spiro atoms. The smallest absolute Gasteiger partial charge is 0.310 e. The van der Waals surface area contributed by atoms with Crippen LogP contribution in [0.2, 0.25) is 5.02 Å². The molecule has 5 atom stereocenters. The number of ether oxygens (including phenoxy) is 1. The van der Waals surface area contributed by atoms with Crippen LogP contribution >= 0.6 is 23.4 Å². The Hall–Kier alpha value is -2.29. The van der Waals surface area contributed by atoms with E-state index in [1.54, 1.807) is 34.9 Å². The van der Waals surface area contributed by atoms with Gasteiger partial charge in [-0.15, -0.1) is 24.9 Å². The minimum atomic E-state index is -0.827. The van der Waals surface area contributed by atoms with Gasteiger partial charge < -0.3 is 19.6 Å². The van der Waals surface area contributed by atoms with Crippen molar-refractivity contribution in [2.45, 2.75) is 48.6 Å². The van der Waals surface area contributed by atoms with Crippen LogP contribution in [0, 0.1) is 18.8 Å². The number of halogens is 1. The molecule has 0 aromatic heterocycles. The maximum Gasteiger partial charge on any atom is 0.310 e. The molecule has 1 N–H and O–H groups in total. The normalized spacial score (nSPS) is 28.2. The standard InChI is InChI=1S/C27H33ClN2O5S/c1-4-6-7-16-35-26(34)20-19-11-12-27(36-19)21(20)24(32)30(14-15-31)23(27)25(33)29(13-5-2)22-17(3)9-8-10-18(22)28/h4-5,8-10,19-21,23,31H,1-2,6-7,11-16H2,3H3/t19-,20+,21-,23?,27?/m0/s1. The summed E-state index contributed by atoms with van der Waals surface area (Å²) >= 11 is 8.11. The van der Waals surface area contributed by atoms with E-state index in [2.05, 4.69) is 13.2 Å². The molecule has 36 heavy (non-hydrogen) atoms. The third-order valence-electron chi connectivity index (χ3n) is 7.48. The van der Waals surface area contributed by atoms with Crippen molar-refractivity contribution >= 4 is 46.8 Å². The van der Waals surface area contributed by atoms with Gasteiger partial charge in [0.25, 0.3) is 5.91 Å². The Balaban J connectivity index is 1.71. The molecule has 3 aliphatic heterocycles. The molecule has 3 heterocycles. The molecule has 0 radical (unpaired) electrons. The number of aliphatic hydroxyl groups excluding tert-OH is 1. The molecule has 2 amide bonds. The van der Waals surface area contributed by atoms with Crippen molar-refractivity contribution in [1.82, 2.24) is 4.90 Å². The Morgan fingerprint density at radius 3 is 2.81 bits per heavy atom. The monoisotopic (exact) mass is 532 g/mol. The van der Waals surface area contributed by atoms with Gasteiger partial charge in [0.15, 0.2) is 0 Å². The molecule has 4 rings (SSSR count). The van der Waals surface area contributed by atoms with Crippen LogP contribution in [0.25, 0.3) is 0 Å². The van der Waals surface area contributed by atoms with Gasteiger partial charge >= 0.3 is 5.97 Å². The molecule has 194 valence electrons. The predicted octanol–water partition coefficient (Wildman–Crippen LogP) is 3.76. The van der Waals surface area contributed by atoms with Gasteiger partial charge in [-0.05, 0) is 44.2 Å². The topological polar surface area (TPSA) is 87.2 Å². The van der Waals surface area contributed by atoms with Gasteiger partial charge in [-0.1, -0.05) is 35.9 Å². The van der Waals surface area contributed by atoms with Crippen molar-refractivity contribution in [3.05, 3.63) is 54.1 Å². The quantitative estimate of drug-likeness (QED) is 0.265. The van der Waals surface area contributed by atoms with E-state index in [0.717, 1.165) is 18.4 Å². The number of nitrogens with zero attached hydrogens (tertiary/aromatic N) is 2. The van der Waals surface area contributed by atoms with E-state index in [9.17, 15) is 19.5 Å². The number of fused-ring (bicyclic) bond motifs is 1. The highest BCUT2D eigenvalue weighted by atomic mass is 35.5. The second-order valence-corrected chi connectivity index (χ2v) is 11.6. The van der Waals surface area contributed by atoms with Crippen LogP contribution in [0.3, 0.4) is 0 Å². The average Bonchev–Trinajstić information content (AvgIpc) is 3.49. The first kappa shape index (κ1) is 26.8. The number of amides is 2. The average molecular weight is 533 g/mol. The third-order valence-corrected chi connectivity index (χ3v) is 9.74. The number of benzene rings is 1. The van der Waals surface area contributed by atoms with E-state index in [0.29, 0.717) is 23.6 Å². The number of anilines is 1. The SMILES string of the molecule is C=CCCCOC(=O)[C@@H]1[C@@H]2CCC3(S2)C(C(=O)N(CC=C)c2c(C)cccc2Cl)N(CCO)C(=O)[C@H]13. The van der Waals surface area contributed by atoms with Crippen molar-refractivity contribution in [2.75, 3.05) is 31.2 Å². The summed E-state index contributed by atoms with van der Waals surface area (Å²) in [7, 11) is 0. The maximum atomic E-state index is 14.3. The molecule has 0 aliphatic carbocycles. The van der Waals surface area contributed by atoms with E-state index in [-0.39, 0.29) is 49.3 Å². The number of unbranched alkanes of at least 4 members (excludes halogenated alkanes) is 1. The third kappa shape index (κ3) is 4.37. The minimum absolute atomic E-state index is 0.0171. The molecule has 3 aliphatic rings. The predicted molar refractivity (Wildman–Crippen MR) is 142 cm³/mol. The minimum Gasteiger partial charge on any atom is -0.465 e. The number of β-amino-alcohol motifs (C(OH)–C–C–N with tert-alkyl or cyclic N) is 1. The number of thioether (sulfide) groups is 1. The van der Waals surface area contributed by atoms with Crippen LogP contribution in [0.15, 0.2) is 43.5 Å². The lowest BCUT2D eigenvalue weighted by Crippen LogP contribution is -2.55. The van der Waals surface area contributed by atoms with Gasteiger partial charge in [0, 0.05) is 18.3 Å². The lowest BCUT2D eigenvalue weighted by Gasteiger charge is -2.37. The number of carbonyl (C=O) groups excluding carboxylic acids is 3. The van der Waals surface area contributed by atoms with Gasteiger partial charge in [0.1, 0.15) is 6.04 Å². The fourth-order valence-electron chi connectivity index (χ4n) is 6.08. The number of allylic oxidation sites excluding steroid dienone is 1. The summed E-state index contributed by atoms with van der Waals surface area (Å²) in [5.41, 5.74) is 1.41. The Kier molecular flexibility index (Phi) is 8.17. The van der Waals surface area contributed by atoms with Gasteiger partial charge in [-0.2, -0.15) is 0 Å². The second-order valence-electron chi connectivity index (χ2n) is 9.55. The van der Waals surface area contributed by atoms with Gasteiger partial charge in [-0.25, -0.2) is 0 Å². The van der Waals surface area contributed by atoms with Crippen LogP contribution in [-0.4, -0.2) is 70.1 Å². The van der Waals surface area contributed by atoms with Crippen LogP contribution in [0.4, 0.5) is 5.69 Å². The van der Waals surface area contributed by atoms with E-state index < -0.39 is 22.6 Å². The number of likely N-dealkylation sites (tertiary alicyclic amines) is 1. The van der Waals surface area contributed by atoms with Crippen LogP contribution in [0.1, 0.15) is 31.2 Å². The fourth-order valence-corrected chi connectivity index (χ4v) is 8.60. The summed E-state index contributed by atoms with van der Waals surface area (Å²) in [6.07, 6.45) is 6.19. The largest absolute Gasteiger partial charge is 0.465 e. The molecule has 7 nitrogen and oxygen atoms in total.